The highest BCUT2D eigenvalue weighted by Crippen LogP contribution is 2.37. The first-order chi connectivity index (χ1) is 12.9. The van der Waals surface area contributed by atoms with Crippen LogP contribution >= 0.6 is 23.4 Å². The summed E-state index contributed by atoms with van der Waals surface area (Å²) in [5.41, 5.74) is 0.902. The third-order valence-corrected chi connectivity index (χ3v) is 4.70. The molecule has 9 heteroatoms. The minimum Gasteiger partial charge on any atom is -0.493 e. The van der Waals surface area contributed by atoms with Crippen LogP contribution in [0, 0.1) is 0 Å². The molecule has 0 unspecified atom stereocenters. The Hall–Kier alpha value is -2.58. The average Bonchev–Trinajstić information content (AvgIpc) is 2.90. The van der Waals surface area contributed by atoms with Crippen molar-refractivity contribution in [2.45, 2.75) is 6.61 Å². The molecule has 0 bridgehead atoms. The summed E-state index contributed by atoms with van der Waals surface area (Å²) < 4.78 is 34.2. The van der Waals surface area contributed by atoms with Crippen LogP contribution in [0.2, 0.25) is 5.02 Å². The maximum absolute atomic E-state index is 12.6. The molecule has 1 fully saturated rings. The fraction of sp³-hybridized carbons (Fsp3) is 0.111. The van der Waals surface area contributed by atoms with Crippen molar-refractivity contribution in [1.82, 2.24) is 0 Å². The molecule has 1 aliphatic rings. The standard InChI is InChI=1S/C18H12ClF2NO4S/c1-25-14-8-10(2-7-13(14)26-17(20)21)9-15-16(23)22(18(24)27-15)12-5-3-11(19)4-6-12/h2-9,17H,1H3/b15-9+. The van der Waals surface area contributed by atoms with Gasteiger partial charge in [-0.15, -0.1) is 0 Å². The minimum atomic E-state index is -2.99. The number of methoxy groups -OCH3 is 1. The van der Waals surface area contributed by atoms with Gasteiger partial charge in [-0.05, 0) is 59.8 Å². The predicted molar refractivity (Wildman–Crippen MR) is 99.5 cm³/mol. The Balaban J connectivity index is 1.88. The second-order valence-corrected chi connectivity index (χ2v) is 6.71. The number of alkyl halides is 2. The molecule has 2 amide bonds. The number of hydrogen-bond acceptors (Lipinski definition) is 5. The number of thioether (sulfide) groups is 1. The number of carbonyl (C=O) groups excluding carboxylic acids is 2. The highest BCUT2D eigenvalue weighted by molar-refractivity contribution is 8.19. The number of hydrogen-bond donors (Lipinski definition) is 0. The zero-order valence-corrected chi connectivity index (χ0v) is 15.4. The first-order valence-electron chi connectivity index (χ1n) is 7.55. The van der Waals surface area contributed by atoms with Crippen molar-refractivity contribution >= 4 is 46.3 Å². The molecule has 1 aliphatic heterocycles. The van der Waals surface area contributed by atoms with Crippen LogP contribution in [0.3, 0.4) is 0 Å². The Bertz CT molecular complexity index is 918. The van der Waals surface area contributed by atoms with Crippen LogP contribution in [0.1, 0.15) is 5.56 Å². The van der Waals surface area contributed by atoms with Crippen molar-refractivity contribution in [3.63, 3.8) is 0 Å². The normalized spacial score (nSPS) is 15.7. The molecule has 0 aromatic heterocycles. The summed E-state index contributed by atoms with van der Waals surface area (Å²) >= 11 is 6.60. The van der Waals surface area contributed by atoms with Gasteiger partial charge in [0, 0.05) is 5.02 Å². The van der Waals surface area contributed by atoms with Crippen molar-refractivity contribution in [1.29, 1.82) is 0 Å². The molecule has 1 saturated heterocycles. The van der Waals surface area contributed by atoms with E-state index >= 15 is 0 Å². The Morgan fingerprint density at radius 3 is 2.44 bits per heavy atom. The lowest BCUT2D eigenvalue weighted by atomic mass is 10.2. The van der Waals surface area contributed by atoms with Crippen LogP contribution in [0.5, 0.6) is 11.5 Å². The maximum atomic E-state index is 12.6. The second kappa shape index (κ2) is 7.98. The lowest BCUT2D eigenvalue weighted by Crippen LogP contribution is -2.27. The van der Waals surface area contributed by atoms with Crippen molar-refractivity contribution in [2.24, 2.45) is 0 Å². The summed E-state index contributed by atoms with van der Waals surface area (Å²) in [6.07, 6.45) is 1.48. The predicted octanol–water partition coefficient (Wildman–Crippen LogP) is 5.19. The van der Waals surface area contributed by atoms with Crippen LogP contribution in [-0.2, 0) is 4.79 Å². The first-order valence-corrected chi connectivity index (χ1v) is 8.75. The molecule has 0 N–H and O–H groups in total. The number of carbonyl (C=O) groups is 2. The number of halogens is 3. The lowest BCUT2D eigenvalue weighted by Gasteiger charge is -2.12. The SMILES string of the molecule is COc1cc(/C=C2/SC(=O)N(c3ccc(Cl)cc3)C2=O)ccc1OC(F)F. The van der Waals surface area contributed by atoms with Crippen LogP contribution in [-0.4, -0.2) is 24.9 Å². The fourth-order valence-electron chi connectivity index (χ4n) is 2.40. The topological polar surface area (TPSA) is 55.8 Å². The third kappa shape index (κ3) is 4.23. The summed E-state index contributed by atoms with van der Waals surface area (Å²) in [5, 5.41) is 0.0395. The van der Waals surface area contributed by atoms with Crippen LogP contribution in [0.4, 0.5) is 19.3 Å². The Morgan fingerprint density at radius 2 is 1.81 bits per heavy atom. The van der Waals surface area contributed by atoms with Crippen molar-refractivity contribution in [2.75, 3.05) is 12.0 Å². The van der Waals surface area contributed by atoms with E-state index in [0.717, 1.165) is 16.7 Å². The quantitative estimate of drug-likeness (QED) is 0.634. The monoisotopic (exact) mass is 411 g/mol. The molecule has 140 valence electrons. The van der Waals surface area contributed by atoms with Crippen LogP contribution < -0.4 is 14.4 Å². The molecule has 2 aromatic rings. The van der Waals surface area contributed by atoms with Gasteiger partial charge in [-0.25, -0.2) is 4.90 Å². The lowest BCUT2D eigenvalue weighted by molar-refractivity contribution is -0.113. The number of ether oxygens (including phenoxy) is 2. The summed E-state index contributed by atoms with van der Waals surface area (Å²) in [7, 11) is 1.31. The van der Waals surface area contributed by atoms with E-state index in [1.165, 1.54) is 31.4 Å². The largest absolute Gasteiger partial charge is 0.493 e. The van der Waals surface area contributed by atoms with Gasteiger partial charge in [0.1, 0.15) is 0 Å². The summed E-state index contributed by atoms with van der Waals surface area (Å²) in [6, 6.07) is 10.5. The van der Waals surface area contributed by atoms with Gasteiger partial charge < -0.3 is 9.47 Å². The Morgan fingerprint density at radius 1 is 1.11 bits per heavy atom. The number of amides is 2. The van der Waals surface area contributed by atoms with Gasteiger partial charge in [0.25, 0.3) is 11.1 Å². The third-order valence-electron chi connectivity index (χ3n) is 3.58. The molecule has 0 spiro atoms. The molecule has 2 aromatic carbocycles. The van der Waals surface area contributed by atoms with E-state index in [9.17, 15) is 18.4 Å². The molecule has 5 nitrogen and oxygen atoms in total. The fourth-order valence-corrected chi connectivity index (χ4v) is 3.37. The van der Waals surface area contributed by atoms with E-state index in [4.69, 9.17) is 16.3 Å². The Labute approximate surface area is 162 Å². The molecule has 1 heterocycles. The molecule has 3 rings (SSSR count). The van der Waals surface area contributed by atoms with E-state index in [-0.39, 0.29) is 16.4 Å². The van der Waals surface area contributed by atoms with Crippen molar-refractivity contribution < 1.29 is 27.8 Å². The summed E-state index contributed by atoms with van der Waals surface area (Å²) in [6.45, 7) is -2.99. The van der Waals surface area contributed by atoms with Crippen molar-refractivity contribution in [3.8, 4) is 11.5 Å². The van der Waals surface area contributed by atoms with Gasteiger partial charge in [0.05, 0.1) is 17.7 Å². The summed E-state index contributed by atoms with van der Waals surface area (Å²) in [4.78, 5) is 26.1. The number of anilines is 1. The number of benzene rings is 2. The van der Waals surface area contributed by atoms with Gasteiger partial charge >= 0.3 is 6.61 Å². The zero-order chi connectivity index (χ0) is 19.6. The molecular formula is C18H12ClF2NO4S. The van der Waals surface area contributed by atoms with Crippen molar-refractivity contribution in [3.05, 3.63) is 58.0 Å². The highest BCUT2D eigenvalue weighted by Gasteiger charge is 2.36. The first kappa shape index (κ1) is 19.2. The zero-order valence-electron chi connectivity index (χ0n) is 13.8. The molecular weight excluding hydrogens is 400 g/mol. The van der Waals surface area contributed by atoms with E-state index in [1.54, 1.807) is 24.3 Å². The smallest absolute Gasteiger partial charge is 0.387 e. The average molecular weight is 412 g/mol. The molecule has 27 heavy (non-hydrogen) atoms. The van der Waals surface area contributed by atoms with E-state index < -0.39 is 17.8 Å². The van der Waals surface area contributed by atoms with E-state index in [2.05, 4.69) is 4.74 Å². The van der Waals surface area contributed by atoms with Gasteiger partial charge in [0.2, 0.25) is 0 Å². The second-order valence-electron chi connectivity index (χ2n) is 5.28. The van der Waals surface area contributed by atoms with Gasteiger partial charge in [0.15, 0.2) is 11.5 Å². The number of imide groups is 1. The molecule has 0 radical (unpaired) electrons. The van der Waals surface area contributed by atoms with Crippen LogP contribution in [0.15, 0.2) is 47.4 Å². The maximum Gasteiger partial charge on any atom is 0.387 e. The van der Waals surface area contributed by atoms with Gasteiger partial charge in [-0.3, -0.25) is 9.59 Å². The number of rotatable bonds is 5. The molecule has 0 aliphatic carbocycles. The Kier molecular flexibility index (Phi) is 5.67. The molecule has 0 saturated carbocycles. The van der Waals surface area contributed by atoms with Gasteiger partial charge in [-0.2, -0.15) is 8.78 Å². The van der Waals surface area contributed by atoms with Crippen LogP contribution in [0.25, 0.3) is 6.08 Å². The summed E-state index contributed by atoms with van der Waals surface area (Å²) in [5.74, 6) is -0.529. The van der Waals surface area contributed by atoms with E-state index in [1.807, 2.05) is 0 Å². The molecule has 0 atom stereocenters. The van der Waals surface area contributed by atoms with E-state index in [0.29, 0.717) is 16.3 Å². The number of nitrogens with zero attached hydrogens (tertiary/aromatic N) is 1. The van der Waals surface area contributed by atoms with Gasteiger partial charge in [-0.1, -0.05) is 17.7 Å². The highest BCUT2D eigenvalue weighted by atomic mass is 35.5. The minimum absolute atomic E-state index is 0.0842.